The summed E-state index contributed by atoms with van der Waals surface area (Å²) in [6.07, 6.45) is 7.05. The highest BCUT2D eigenvalue weighted by Gasteiger charge is 2.52. The predicted molar refractivity (Wildman–Crippen MR) is 152 cm³/mol. The van der Waals surface area contributed by atoms with E-state index in [1.54, 1.807) is 41.0 Å². The summed E-state index contributed by atoms with van der Waals surface area (Å²) in [5.41, 5.74) is 0.868. The van der Waals surface area contributed by atoms with Crippen LogP contribution in [0, 0.1) is 5.92 Å². The van der Waals surface area contributed by atoms with Gasteiger partial charge in [-0.3, -0.25) is 14.4 Å². The van der Waals surface area contributed by atoms with Crippen molar-refractivity contribution < 1.29 is 24.6 Å². The topological polar surface area (TPSA) is 122 Å². The van der Waals surface area contributed by atoms with E-state index in [-0.39, 0.29) is 43.5 Å². The monoisotopic (exact) mass is 546 g/mol. The first-order chi connectivity index (χ1) is 19.3. The van der Waals surface area contributed by atoms with Gasteiger partial charge in [0.1, 0.15) is 0 Å². The van der Waals surface area contributed by atoms with Crippen LogP contribution < -0.4 is 15.5 Å². The number of benzene rings is 2. The molecular weight excluding hydrogens is 508 g/mol. The first kappa shape index (κ1) is 28.0. The number of likely N-dealkylation sites (tertiary alicyclic amines) is 1. The third-order valence-corrected chi connectivity index (χ3v) is 8.37. The molecule has 2 aromatic carbocycles. The van der Waals surface area contributed by atoms with E-state index in [0.717, 1.165) is 37.8 Å². The van der Waals surface area contributed by atoms with Gasteiger partial charge < -0.3 is 30.6 Å². The normalized spacial score (nSPS) is 25.0. The highest BCUT2D eigenvalue weighted by atomic mass is 16.3. The lowest BCUT2D eigenvalue weighted by Gasteiger charge is -2.28. The van der Waals surface area contributed by atoms with E-state index in [0.29, 0.717) is 23.5 Å². The quantitative estimate of drug-likeness (QED) is 0.359. The van der Waals surface area contributed by atoms with Gasteiger partial charge in [0.05, 0.1) is 30.9 Å². The van der Waals surface area contributed by atoms with Gasteiger partial charge >= 0.3 is 0 Å². The summed E-state index contributed by atoms with van der Waals surface area (Å²) in [5, 5.41) is 27.5. The molecule has 212 valence electrons. The summed E-state index contributed by atoms with van der Waals surface area (Å²) in [4.78, 5) is 42.4. The molecule has 0 unspecified atom stereocenters. The second-order valence-electron chi connectivity index (χ2n) is 11.0. The van der Waals surface area contributed by atoms with Crippen LogP contribution in [0.25, 0.3) is 0 Å². The SMILES string of the molecule is C[C@@H](/C=C/CC(=O)N1CCC[C@H]1CO)[C@]1(O)C(=O)N(Cc2cccc(NC(=O)[C@H]3CCCN3)c2)c2ccccc21. The number of anilines is 2. The molecule has 0 aliphatic carbocycles. The fourth-order valence-electron chi connectivity index (χ4n) is 6.11. The number of rotatable bonds is 9. The van der Waals surface area contributed by atoms with E-state index in [1.807, 2.05) is 36.4 Å². The number of nitrogens with zero attached hydrogens (tertiary/aromatic N) is 2. The van der Waals surface area contributed by atoms with Crippen molar-refractivity contribution in [1.29, 1.82) is 0 Å². The summed E-state index contributed by atoms with van der Waals surface area (Å²) in [6.45, 7) is 3.44. The third-order valence-electron chi connectivity index (χ3n) is 8.37. The van der Waals surface area contributed by atoms with E-state index in [4.69, 9.17) is 0 Å². The van der Waals surface area contributed by atoms with E-state index < -0.39 is 17.4 Å². The predicted octanol–water partition coefficient (Wildman–Crippen LogP) is 2.68. The van der Waals surface area contributed by atoms with Gasteiger partial charge in [0.15, 0.2) is 5.60 Å². The van der Waals surface area contributed by atoms with Gasteiger partial charge in [-0.2, -0.15) is 0 Å². The van der Waals surface area contributed by atoms with Crippen LogP contribution in [0.15, 0.2) is 60.7 Å². The van der Waals surface area contributed by atoms with E-state index in [1.165, 1.54) is 0 Å². The molecule has 0 radical (unpaired) electrons. The van der Waals surface area contributed by atoms with Crippen molar-refractivity contribution in [2.24, 2.45) is 5.92 Å². The smallest absolute Gasteiger partial charge is 0.264 e. The lowest BCUT2D eigenvalue weighted by Crippen LogP contribution is -2.44. The maximum atomic E-state index is 13.8. The van der Waals surface area contributed by atoms with Crippen LogP contribution in [0.1, 0.15) is 50.2 Å². The summed E-state index contributed by atoms with van der Waals surface area (Å²) >= 11 is 0. The van der Waals surface area contributed by atoms with Gasteiger partial charge in [-0.1, -0.05) is 49.4 Å². The average molecular weight is 547 g/mol. The second-order valence-corrected chi connectivity index (χ2v) is 11.0. The van der Waals surface area contributed by atoms with Crippen LogP contribution in [-0.4, -0.2) is 64.6 Å². The molecule has 9 nitrogen and oxygen atoms in total. The zero-order valence-corrected chi connectivity index (χ0v) is 22.9. The minimum atomic E-state index is -1.78. The molecular formula is C31H38N4O5. The maximum Gasteiger partial charge on any atom is 0.264 e. The van der Waals surface area contributed by atoms with Crippen molar-refractivity contribution in [3.63, 3.8) is 0 Å². The Balaban J connectivity index is 1.30. The number of hydrogen-bond acceptors (Lipinski definition) is 6. The van der Waals surface area contributed by atoms with Gasteiger partial charge in [0, 0.05) is 30.1 Å². The van der Waals surface area contributed by atoms with Crippen molar-refractivity contribution >= 4 is 29.1 Å². The number of hydrogen-bond donors (Lipinski definition) is 4. The summed E-state index contributed by atoms with van der Waals surface area (Å²) in [5.74, 6) is -1.15. The molecule has 5 rings (SSSR count). The van der Waals surface area contributed by atoms with Crippen LogP contribution >= 0.6 is 0 Å². The fraction of sp³-hybridized carbons (Fsp3) is 0.452. The number of aliphatic hydroxyl groups is 2. The molecule has 0 bridgehead atoms. The maximum absolute atomic E-state index is 13.8. The van der Waals surface area contributed by atoms with E-state index in [9.17, 15) is 24.6 Å². The Bertz CT molecular complexity index is 1290. The fourth-order valence-corrected chi connectivity index (χ4v) is 6.11. The minimum Gasteiger partial charge on any atom is -0.394 e. The lowest BCUT2D eigenvalue weighted by atomic mass is 9.83. The first-order valence-corrected chi connectivity index (χ1v) is 14.2. The van der Waals surface area contributed by atoms with Gasteiger partial charge in [0.25, 0.3) is 5.91 Å². The summed E-state index contributed by atoms with van der Waals surface area (Å²) < 4.78 is 0. The Morgan fingerprint density at radius 2 is 2.00 bits per heavy atom. The largest absolute Gasteiger partial charge is 0.394 e. The average Bonchev–Trinajstić information content (AvgIpc) is 3.71. The lowest BCUT2D eigenvalue weighted by molar-refractivity contribution is -0.139. The number of aliphatic hydroxyl groups excluding tert-OH is 1. The Hall–Kier alpha value is -3.53. The van der Waals surface area contributed by atoms with E-state index >= 15 is 0 Å². The minimum absolute atomic E-state index is 0.0419. The number of carbonyl (C=O) groups excluding carboxylic acids is 3. The molecule has 3 aliphatic heterocycles. The zero-order chi connectivity index (χ0) is 28.3. The Morgan fingerprint density at radius 1 is 1.18 bits per heavy atom. The third kappa shape index (κ3) is 5.41. The van der Waals surface area contributed by atoms with Gasteiger partial charge in [-0.05, 0) is 56.0 Å². The molecule has 0 spiro atoms. The number of nitrogens with one attached hydrogen (secondary N) is 2. The number of carbonyl (C=O) groups is 3. The molecule has 2 fully saturated rings. The number of fused-ring (bicyclic) bond motifs is 1. The molecule has 2 saturated heterocycles. The highest BCUT2D eigenvalue weighted by molar-refractivity contribution is 6.07. The number of amides is 3. The molecule has 0 aromatic heterocycles. The summed E-state index contributed by atoms with van der Waals surface area (Å²) in [6, 6.07) is 14.3. The Kier molecular flexibility index (Phi) is 8.35. The number of para-hydroxylation sites is 1. The molecule has 40 heavy (non-hydrogen) atoms. The van der Waals surface area contributed by atoms with E-state index in [2.05, 4.69) is 10.6 Å². The Morgan fingerprint density at radius 3 is 2.77 bits per heavy atom. The van der Waals surface area contributed by atoms with Crippen molar-refractivity contribution in [3.05, 3.63) is 71.8 Å². The molecule has 3 heterocycles. The Labute approximate surface area is 234 Å². The van der Waals surface area contributed by atoms with Crippen molar-refractivity contribution in [2.45, 2.75) is 63.3 Å². The van der Waals surface area contributed by atoms with Crippen molar-refractivity contribution in [2.75, 3.05) is 29.9 Å². The molecule has 9 heteroatoms. The highest BCUT2D eigenvalue weighted by Crippen LogP contribution is 2.45. The first-order valence-electron chi connectivity index (χ1n) is 14.2. The zero-order valence-electron chi connectivity index (χ0n) is 22.9. The molecule has 4 N–H and O–H groups in total. The summed E-state index contributed by atoms with van der Waals surface area (Å²) in [7, 11) is 0. The van der Waals surface area contributed by atoms with Gasteiger partial charge in [0.2, 0.25) is 11.8 Å². The second kappa shape index (κ2) is 11.9. The molecule has 0 saturated carbocycles. The van der Waals surface area contributed by atoms with Crippen LogP contribution in [0.5, 0.6) is 0 Å². The van der Waals surface area contributed by atoms with Gasteiger partial charge in [-0.25, -0.2) is 0 Å². The van der Waals surface area contributed by atoms with Gasteiger partial charge in [-0.15, -0.1) is 0 Å². The van der Waals surface area contributed by atoms with Crippen LogP contribution in [0.3, 0.4) is 0 Å². The van der Waals surface area contributed by atoms with Crippen LogP contribution in [0.2, 0.25) is 0 Å². The molecule has 4 atom stereocenters. The molecule has 3 amide bonds. The molecule has 2 aromatic rings. The molecule has 3 aliphatic rings. The van der Waals surface area contributed by atoms with Crippen molar-refractivity contribution in [1.82, 2.24) is 10.2 Å². The van der Waals surface area contributed by atoms with Crippen molar-refractivity contribution in [3.8, 4) is 0 Å². The standard InChI is InChI=1S/C31H38N4O5/c1-21(8-4-15-28(37)34-17-7-11-24(34)20-36)31(40)25-12-2-3-14-27(25)35(30(31)39)19-22-9-5-10-23(18-22)33-29(38)26-13-6-16-32-26/h2-5,8-10,12,14,18,21,24,26,32,36,40H,6-7,11,13,15-17,19-20H2,1H3,(H,33,38)/b8-4+/t21-,24-,26+,31+/m0/s1. The van der Waals surface area contributed by atoms with Crippen LogP contribution in [-0.2, 0) is 26.5 Å². The van der Waals surface area contributed by atoms with Crippen LogP contribution in [0.4, 0.5) is 11.4 Å².